The molecule has 0 aromatic carbocycles. The number of anilines is 1. The molecule has 1 unspecified atom stereocenters. The molecule has 23 heavy (non-hydrogen) atoms. The molecule has 2 fully saturated rings. The van der Waals surface area contributed by atoms with E-state index in [9.17, 15) is 0 Å². The van der Waals surface area contributed by atoms with Crippen LogP contribution in [0.15, 0.2) is 6.07 Å². The highest BCUT2D eigenvalue weighted by atomic mass is 127. The lowest BCUT2D eigenvalue weighted by Gasteiger charge is -2.34. The number of ether oxygens (including phenoxy) is 4. The fourth-order valence-corrected chi connectivity index (χ4v) is 3.21. The number of halogens is 1. The Bertz CT molecular complexity index is 513. The molecule has 0 spiro atoms. The quantitative estimate of drug-likeness (QED) is 0.517. The average Bonchev–Trinajstić information content (AvgIpc) is 2.60. The molecule has 1 aromatic rings. The second kappa shape index (κ2) is 8.41. The Labute approximate surface area is 149 Å². The SMILES string of the molecule is COc1nc(I)cc(N2CCO[C@H](COC3CCCCO3)C2)n1. The summed E-state index contributed by atoms with van der Waals surface area (Å²) in [4.78, 5) is 10.8. The Morgan fingerprint density at radius 2 is 2.22 bits per heavy atom. The van der Waals surface area contributed by atoms with Gasteiger partial charge in [-0.2, -0.15) is 9.97 Å². The summed E-state index contributed by atoms with van der Waals surface area (Å²) in [6.07, 6.45) is 3.21. The molecular weight excluding hydrogens is 413 g/mol. The lowest BCUT2D eigenvalue weighted by atomic mass is 10.2. The Hall–Kier alpha value is -0.710. The molecule has 128 valence electrons. The minimum absolute atomic E-state index is 0.0212. The molecule has 0 N–H and O–H groups in total. The van der Waals surface area contributed by atoms with Gasteiger partial charge >= 0.3 is 6.01 Å². The van der Waals surface area contributed by atoms with Crippen molar-refractivity contribution < 1.29 is 18.9 Å². The third kappa shape index (κ3) is 4.88. The molecule has 2 aliphatic rings. The van der Waals surface area contributed by atoms with E-state index in [2.05, 4.69) is 37.5 Å². The van der Waals surface area contributed by atoms with Gasteiger partial charge in [0.15, 0.2) is 6.29 Å². The summed E-state index contributed by atoms with van der Waals surface area (Å²) >= 11 is 2.17. The van der Waals surface area contributed by atoms with Crippen molar-refractivity contribution in [2.24, 2.45) is 0 Å². The van der Waals surface area contributed by atoms with E-state index < -0.39 is 0 Å². The van der Waals surface area contributed by atoms with Gasteiger partial charge in [0.2, 0.25) is 0 Å². The zero-order chi connectivity index (χ0) is 16.1. The van der Waals surface area contributed by atoms with Gasteiger partial charge in [-0.25, -0.2) is 0 Å². The van der Waals surface area contributed by atoms with Crippen molar-refractivity contribution >= 4 is 28.4 Å². The number of morpholine rings is 1. The van der Waals surface area contributed by atoms with E-state index in [0.29, 0.717) is 19.2 Å². The lowest BCUT2D eigenvalue weighted by Crippen LogP contribution is -2.45. The molecule has 3 rings (SSSR count). The molecule has 3 heterocycles. The first-order chi connectivity index (χ1) is 11.2. The normalized spacial score (nSPS) is 25.4. The van der Waals surface area contributed by atoms with E-state index in [4.69, 9.17) is 18.9 Å². The Morgan fingerprint density at radius 3 is 3.00 bits per heavy atom. The molecule has 8 heteroatoms. The van der Waals surface area contributed by atoms with Gasteiger partial charge in [-0.05, 0) is 41.9 Å². The maximum absolute atomic E-state index is 5.84. The van der Waals surface area contributed by atoms with Crippen molar-refractivity contribution in [2.75, 3.05) is 44.9 Å². The lowest BCUT2D eigenvalue weighted by molar-refractivity contribution is -0.180. The van der Waals surface area contributed by atoms with Crippen LogP contribution >= 0.6 is 22.6 Å². The second-order valence-electron chi connectivity index (χ2n) is 5.60. The molecule has 2 aliphatic heterocycles. The highest BCUT2D eigenvalue weighted by molar-refractivity contribution is 14.1. The zero-order valence-electron chi connectivity index (χ0n) is 13.2. The summed E-state index contributed by atoms with van der Waals surface area (Å²) in [5.74, 6) is 0.864. The van der Waals surface area contributed by atoms with Crippen molar-refractivity contribution in [3.05, 3.63) is 9.77 Å². The van der Waals surface area contributed by atoms with Gasteiger partial charge in [0.25, 0.3) is 0 Å². The van der Waals surface area contributed by atoms with Crippen molar-refractivity contribution in [1.82, 2.24) is 9.97 Å². The van der Waals surface area contributed by atoms with Gasteiger partial charge in [-0.3, -0.25) is 0 Å². The summed E-state index contributed by atoms with van der Waals surface area (Å²) in [5.41, 5.74) is 0. The largest absolute Gasteiger partial charge is 0.467 e. The number of aromatic nitrogens is 2. The van der Waals surface area contributed by atoms with E-state index in [0.717, 1.165) is 42.1 Å². The molecule has 1 aromatic heterocycles. The smallest absolute Gasteiger partial charge is 0.319 e. The van der Waals surface area contributed by atoms with Crippen molar-refractivity contribution in [1.29, 1.82) is 0 Å². The Kier molecular flexibility index (Phi) is 6.26. The molecular formula is C15H22IN3O4. The van der Waals surface area contributed by atoms with E-state index in [-0.39, 0.29) is 12.4 Å². The van der Waals surface area contributed by atoms with E-state index in [1.807, 2.05) is 6.07 Å². The third-order valence-electron chi connectivity index (χ3n) is 3.91. The van der Waals surface area contributed by atoms with E-state index in [1.54, 1.807) is 7.11 Å². The number of hydrogen-bond acceptors (Lipinski definition) is 7. The topological polar surface area (TPSA) is 65.9 Å². The summed E-state index contributed by atoms with van der Waals surface area (Å²) in [6.45, 7) is 3.53. The fourth-order valence-electron chi connectivity index (χ4n) is 2.72. The van der Waals surface area contributed by atoms with Gasteiger partial charge < -0.3 is 23.8 Å². The molecule has 2 saturated heterocycles. The maximum Gasteiger partial charge on any atom is 0.319 e. The first-order valence-electron chi connectivity index (χ1n) is 7.93. The van der Waals surface area contributed by atoms with Crippen LogP contribution in [0.4, 0.5) is 5.82 Å². The Balaban J connectivity index is 1.56. The van der Waals surface area contributed by atoms with Crippen LogP contribution in [0.25, 0.3) is 0 Å². The van der Waals surface area contributed by atoms with Crippen LogP contribution < -0.4 is 9.64 Å². The first-order valence-corrected chi connectivity index (χ1v) is 9.01. The first kappa shape index (κ1) is 17.1. The van der Waals surface area contributed by atoms with Crippen molar-refractivity contribution in [2.45, 2.75) is 31.7 Å². The van der Waals surface area contributed by atoms with Crippen molar-refractivity contribution in [3.63, 3.8) is 0 Å². The zero-order valence-corrected chi connectivity index (χ0v) is 15.4. The Morgan fingerprint density at radius 1 is 1.30 bits per heavy atom. The van der Waals surface area contributed by atoms with E-state index >= 15 is 0 Å². The van der Waals surface area contributed by atoms with Gasteiger partial charge in [0, 0.05) is 25.8 Å². The molecule has 0 radical (unpaired) electrons. The van der Waals surface area contributed by atoms with Crippen molar-refractivity contribution in [3.8, 4) is 6.01 Å². The minimum atomic E-state index is -0.0807. The van der Waals surface area contributed by atoms with Gasteiger partial charge in [0.05, 0.1) is 26.4 Å². The van der Waals surface area contributed by atoms with Crippen LogP contribution in [0, 0.1) is 3.70 Å². The highest BCUT2D eigenvalue weighted by Gasteiger charge is 2.24. The van der Waals surface area contributed by atoms with E-state index in [1.165, 1.54) is 6.42 Å². The number of rotatable bonds is 5. The van der Waals surface area contributed by atoms with Gasteiger partial charge in [-0.15, -0.1) is 0 Å². The standard InChI is InChI=1S/C15H22IN3O4/c1-20-15-17-12(16)8-13(18-15)19-5-7-21-11(9-19)10-23-14-4-2-3-6-22-14/h8,11,14H,2-7,9-10H2,1H3/t11-,14?/m0/s1. The maximum atomic E-state index is 5.84. The van der Waals surface area contributed by atoms with Crippen LogP contribution in [-0.2, 0) is 14.2 Å². The molecule has 7 nitrogen and oxygen atoms in total. The summed E-state index contributed by atoms with van der Waals surface area (Å²) in [7, 11) is 1.58. The predicted molar refractivity (Wildman–Crippen MR) is 92.8 cm³/mol. The van der Waals surface area contributed by atoms with Crippen LogP contribution in [0.3, 0.4) is 0 Å². The molecule has 2 atom stereocenters. The summed E-state index contributed by atoms with van der Waals surface area (Å²) < 4.78 is 23.3. The second-order valence-corrected chi connectivity index (χ2v) is 6.71. The van der Waals surface area contributed by atoms with Crippen LogP contribution in [0.2, 0.25) is 0 Å². The minimum Gasteiger partial charge on any atom is -0.467 e. The average molecular weight is 435 g/mol. The van der Waals surface area contributed by atoms with Gasteiger partial charge in [0.1, 0.15) is 9.52 Å². The number of methoxy groups -OCH3 is 1. The third-order valence-corrected chi connectivity index (χ3v) is 4.46. The molecule has 0 bridgehead atoms. The van der Waals surface area contributed by atoms with Crippen LogP contribution in [-0.4, -0.2) is 62.4 Å². The van der Waals surface area contributed by atoms with Gasteiger partial charge in [-0.1, -0.05) is 0 Å². The molecule has 0 aliphatic carbocycles. The van der Waals surface area contributed by atoms with Crippen LogP contribution in [0.5, 0.6) is 6.01 Å². The summed E-state index contributed by atoms with van der Waals surface area (Å²) in [5, 5.41) is 0. The highest BCUT2D eigenvalue weighted by Crippen LogP contribution is 2.21. The van der Waals surface area contributed by atoms with Crippen LogP contribution in [0.1, 0.15) is 19.3 Å². The monoisotopic (exact) mass is 435 g/mol. The summed E-state index contributed by atoms with van der Waals surface area (Å²) in [6, 6.07) is 2.35. The molecule has 0 saturated carbocycles. The fraction of sp³-hybridized carbons (Fsp3) is 0.733. The predicted octanol–water partition coefficient (Wildman–Crippen LogP) is 1.84. The number of hydrogen-bond donors (Lipinski definition) is 0. The number of nitrogens with zero attached hydrogens (tertiary/aromatic N) is 3. The molecule has 0 amide bonds.